The molecule has 0 amide bonds. The molecule has 0 aliphatic heterocycles. The smallest absolute Gasteiger partial charge is 0.360 e. The van der Waals surface area contributed by atoms with Gasteiger partial charge in [-0.15, -0.1) is 0 Å². The Hall–Kier alpha value is -1.73. The number of nitrogens with zero attached hydrogens (tertiary/aromatic N) is 1. The lowest BCUT2D eigenvalue weighted by atomic mass is 10.2. The van der Waals surface area contributed by atoms with Crippen molar-refractivity contribution >= 4 is 19.0 Å². The number of nitro groups is 1. The Bertz CT molecular complexity index is 666. The van der Waals surface area contributed by atoms with Crippen LogP contribution in [0.25, 0.3) is 0 Å². The molecule has 0 aromatic heterocycles. The molecule has 1 aromatic rings. The lowest BCUT2D eigenvalue weighted by Gasteiger charge is -2.26. The highest BCUT2D eigenvalue weighted by Crippen LogP contribution is 2.57. The first-order valence-corrected chi connectivity index (χ1v) is 10.6. The molecule has 0 spiro atoms. The average Bonchev–Trinajstić information content (AvgIpc) is 2.60. The molecule has 0 fully saturated rings. The van der Waals surface area contributed by atoms with E-state index in [1.54, 1.807) is 32.2 Å². The molecule has 0 aliphatic rings. The van der Waals surface area contributed by atoms with Crippen molar-refractivity contribution < 1.29 is 18.5 Å². The molecule has 1 aromatic carbocycles. The average molecular weight is 399 g/mol. The number of non-ortho nitro benzene ring substituents is 1. The Labute approximate surface area is 161 Å². The van der Waals surface area contributed by atoms with Gasteiger partial charge in [-0.25, -0.2) is 0 Å². The summed E-state index contributed by atoms with van der Waals surface area (Å²) in [5, 5.41) is 17.6. The maximum Gasteiger partial charge on any atom is 0.360 e. The molecule has 1 atom stereocenters. The molecule has 1 unspecified atom stereocenters. The molecular formula is C18H30N3O5P. The van der Waals surface area contributed by atoms with Gasteiger partial charge < -0.3 is 19.7 Å². The lowest BCUT2D eigenvalue weighted by molar-refractivity contribution is -0.384. The van der Waals surface area contributed by atoms with E-state index in [1.165, 1.54) is 12.1 Å². The third-order valence-electron chi connectivity index (χ3n) is 3.66. The van der Waals surface area contributed by atoms with Crippen molar-refractivity contribution in [3.63, 3.8) is 0 Å². The van der Waals surface area contributed by atoms with E-state index in [2.05, 4.69) is 24.5 Å². The quantitative estimate of drug-likeness (QED) is 0.297. The normalized spacial score (nSPS) is 13.6. The second-order valence-corrected chi connectivity index (χ2v) is 8.40. The summed E-state index contributed by atoms with van der Waals surface area (Å²) in [7, 11) is -3.48. The molecule has 0 saturated carbocycles. The van der Waals surface area contributed by atoms with Crippen molar-refractivity contribution in [3.05, 3.63) is 45.9 Å². The van der Waals surface area contributed by atoms with Crippen molar-refractivity contribution in [1.82, 2.24) is 5.32 Å². The van der Waals surface area contributed by atoms with Gasteiger partial charge in [0.15, 0.2) is 0 Å². The maximum absolute atomic E-state index is 13.3. The number of benzene rings is 1. The zero-order chi connectivity index (χ0) is 20.4. The van der Waals surface area contributed by atoms with Crippen LogP contribution in [0.4, 0.5) is 11.4 Å². The van der Waals surface area contributed by atoms with Gasteiger partial charge in [0.05, 0.1) is 23.5 Å². The van der Waals surface area contributed by atoms with E-state index in [4.69, 9.17) is 9.05 Å². The predicted octanol–water partition coefficient (Wildman–Crippen LogP) is 4.75. The summed E-state index contributed by atoms with van der Waals surface area (Å²) in [6, 6.07) is 5.74. The van der Waals surface area contributed by atoms with Crippen molar-refractivity contribution in [2.45, 2.75) is 40.7 Å². The molecule has 2 N–H and O–H groups in total. The van der Waals surface area contributed by atoms with Crippen LogP contribution in [-0.2, 0) is 13.6 Å². The first-order valence-electron chi connectivity index (χ1n) is 9.07. The molecule has 27 heavy (non-hydrogen) atoms. The lowest BCUT2D eigenvalue weighted by Crippen LogP contribution is -2.32. The number of rotatable bonds is 12. The molecule has 0 aliphatic carbocycles. The topological polar surface area (TPSA) is 103 Å². The Kier molecular flexibility index (Phi) is 9.66. The van der Waals surface area contributed by atoms with Gasteiger partial charge in [-0.1, -0.05) is 13.8 Å². The zero-order valence-corrected chi connectivity index (χ0v) is 17.5. The number of nitrogens with one attached hydrogen (secondary N) is 2. The maximum atomic E-state index is 13.3. The minimum atomic E-state index is -3.48. The van der Waals surface area contributed by atoms with E-state index < -0.39 is 12.5 Å². The fourth-order valence-electron chi connectivity index (χ4n) is 2.32. The van der Waals surface area contributed by atoms with E-state index in [1.807, 2.05) is 6.92 Å². The molecule has 9 heteroatoms. The third kappa shape index (κ3) is 7.42. The molecule has 0 bridgehead atoms. The summed E-state index contributed by atoms with van der Waals surface area (Å²) < 4.78 is 24.3. The molecule has 0 heterocycles. The van der Waals surface area contributed by atoms with Crippen LogP contribution in [-0.4, -0.2) is 30.7 Å². The Balaban J connectivity index is 3.12. The highest BCUT2D eigenvalue weighted by atomic mass is 31.2. The monoisotopic (exact) mass is 399 g/mol. The fourth-order valence-corrected chi connectivity index (χ4v) is 4.16. The first kappa shape index (κ1) is 23.3. The number of hydrogen-bond donors (Lipinski definition) is 2. The molecule has 1 rings (SSSR count). The van der Waals surface area contributed by atoms with E-state index >= 15 is 0 Å². The van der Waals surface area contributed by atoms with Crippen molar-refractivity contribution in [2.24, 2.45) is 5.92 Å². The minimum absolute atomic E-state index is 0.00558. The second-order valence-electron chi connectivity index (χ2n) is 6.37. The Morgan fingerprint density at radius 3 is 2.19 bits per heavy atom. The van der Waals surface area contributed by atoms with Crippen LogP contribution < -0.4 is 10.6 Å². The predicted molar refractivity (Wildman–Crippen MR) is 108 cm³/mol. The SMILES string of the molecule is CCOP(=O)(OCC)/C(=C/Nc1ccc([N+](=O)[O-])cc1)C(C)NCC(C)C. The second kappa shape index (κ2) is 11.2. The van der Waals surface area contributed by atoms with Gasteiger partial charge in [-0.3, -0.25) is 14.7 Å². The Morgan fingerprint density at radius 2 is 1.74 bits per heavy atom. The van der Waals surface area contributed by atoms with Gasteiger partial charge in [-0.2, -0.15) is 0 Å². The summed E-state index contributed by atoms with van der Waals surface area (Å²) >= 11 is 0. The summed E-state index contributed by atoms with van der Waals surface area (Å²) in [5.41, 5.74) is 0.639. The first-order chi connectivity index (χ1) is 12.7. The number of anilines is 1. The molecule has 8 nitrogen and oxygen atoms in total. The van der Waals surface area contributed by atoms with E-state index in [0.717, 1.165) is 6.54 Å². The van der Waals surface area contributed by atoms with Gasteiger partial charge in [0, 0.05) is 30.1 Å². The van der Waals surface area contributed by atoms with E-state index in [-0.39, 0.29) is 24.9 Å². The standard InChI is InChI=1S/C18H30N3O5P/c1-6-25-27(24,26-7-2)18(15(5)19-12-14(3)4)13-20-16-8-10-17(11-9-16)21(22)23/h8-11,13-15,19-20H,6-7,12H2,1-5H3/b18-13+. The highest BCUT2D eigenvalue weighted by molar-refractivity contribution is 7.58. The van der Waals surface area contributed by atoms with Crippen LogP contribution in [0.3, 0.4) is 0 Å². The third-order valence-corrected chi connectivity index (χ3v) is 6.00. The van der Waals surface area contributed by atoms with Crippen LogP contribution in [0.1, 0.15) is 34.6 Å². The zero-order valence-electron chi connectivity index (χ0n) is 16.6. The van der Waals surface area contributed by atoms with Gasteiger partial charge in [0.1, 0.15) is 0 Å². The molecular weight excluding hydrogens is 369 g/mol. The van der Waals surface area contributed by atoms with Crippen LogP contribution >= 0.6 is 7.60 Å². The number of nitro benzene ring substituents is 1. The molecule has 0 radical (unpaired) electrons. The van der Waals surface area contributed by atoms with Gasteiger partial charge in [-0.05, 0) is 45.4 Å². The highest BCUT2D eigenvalue weighted by Gasteiger charge is 2.33. The fraction of sp³-hybridized carbons (Fsp3) is 0.556. The van der Waals surface area contributed by atoms with Crippen LogP contribution in [0.15, 0.2) is 35.8 Å². The summed E-state index contributed by atoms with van der Waals surface area (Å²) in [6.45, 7) is 10.8. The van der Waals surface area contributed by atoms with Gasteiger partial charge >= 0.3 is 7.60 Å². The van der Waals surface area contributed by atoms with E-state index in [0.29, 0.717) is 16.9 Å². The largest absolute Gasteiger partial charge is 0.361 e. The minimum Gasteiger partial charge on any atom is -0.361 e. The number of hydrogen-bond acceptors (Lipinski definition) is 7. The van der Waals surface area contributed by atoms with Crippen LogP contribution in [0.5, 0.6) is 0 Å². The van der Waals surface area contributed by atoms with Crippen molar-refractivity contribution in [1.29, 1.82) is 0 Å². The van der Waals surface area contributed by atoms with Gasteiger partial charge in [0.2, 0.25) is 0 Å². The summed E-state index contributed by atoms with van der Waals surface area (Å²) in [6.07, 6.45) is 1.60. The molecule has 152 valence electrons. The summed E-state index contributed by atoms with van der Waals surface area (Å²) in [4.78, 5) is 10.3. The van der Waals surface area contributed by atoms with Crippen molar-refractivity contribution in [3.8, 4) is 0 Å². The Morgan fingerprint density at radius 1 is 1.19 bits per heavy atom. The molecule has 0 saturated heterocycles. The van der Waals surface area contributed by atoms with Crippen LogP contribution in [0, 0.1) is 16.0 Å². The van der Waals surface area contributed by atoms with E-state index in [9.17, 15) is 14.7 Å². The van der Waals surface area contributed by atoms with Gasteiger partial charge in [0.25, 0.3) is 5.69 Å². The van der Waals surface area contributed by atoms with Crippen molar-refractivity contribution in [2.75, 3.05) is 25.1 Å². The summed E-state index contributed by atoms with van der Waals surface area (Å²) in [5.74, 6) is 0.426. The van der Waals surface area contributed by atoms with Crippen LogP contribution in [0.2, 0.25) is 0 Å².